The number of rotatable bonds is 6. The van der Waals surface area contributed by atoms with Crippen molar-refractivity contribution in [3.8, 4) is 0 Å². The average molecular weight is 337 g/mol. The summed E-state index contributed by atoms with van der Waals surface area (Å²) >= 11 is -0.516. The van der Waals surface area contributed by atoms with Crippen molar-refractivity contribution in [3.63, 3.8) is 0 Å². The Labute approximate surface area is 129 Å². The second kappa shape index (κ2) is 6.03. The summed E-state index contributed by atoms with van der Waals surface area (Å²) in [7, 11) is 0. The fraction of sp³-hybridized carbons (Fsp3) is 0.846. The Hall–Kier alpha value is -0.770. The molecule has 0 heterocycles. The first-order chi connectivity index (χ1) is 10.4. The van der Waals surface area contributed by atoms with Crippen LogP contribution in [0.5, 0.6) is 0 Å². The van der Waals surface area contributed by atoms with E-state index in [0.717, 1.165) is 12.8 Å². The fourth-order valence-corrected chi connectivity index (χ4v) is 4.56. The minimum atomic E-state index is -3.59. The Morgan fingerprint density at radius 2 is 2.09 bits per heavy atom. The molecular weight excluding hydrogens is 322 g/mol. The maximum absolute atomic E-state index is 13.2. The Bertz CT molecular complexity index is 473. The van der Waals surface area contributed by atoms with Gasteiger partial charge in [-0.05, 0) is 37.5 Å². The van der Waals surface area contributed by atoms with Gasteiger partial charge in [0.15, 0.2) is 6.61 Å². The second-order valence-corrected chi connectivity index (χ2v) is 7.16. The van der Waals surface area contributed by atoms with Crippen LogP contribution in [0.2, 0.25) is 0 Å². The van der Waals surface area contributed by atoms with Gasteiger partial charge in [0.2, 0.25) is 0 Å². The Balaban J connectivity index is 1.60. The van der Waals surface area contributed by atoms with Crippen molar-refractivity contribution >= 4 is 23.8 Å². The zero-order valence-electron chi connectivity index (χ0n) is 11.5. The quantitative estimate of drug-likeness (QED) is 0.312. The lowest BCUT2D eigenvalue weighted by atomic mass is 9.51. The predicted molar refractivity (Wildman–Crippen MR) is 66.6 cm³/mol. The number of ketones is 1. The first-order valence-electron chi connectivity index (χ1n) is 7.14. The van der Waals surface area contributed by atoms with E-state index in [1.54, 1.807) is 0 Å². The highest BCUT2D eigenvalue weighted by Crippen LogP contribution is 2.55. The highest BCUT2D eigenvalue weighted by Gasteiger charge is 2.56. The molecule has 4 aliphatic rings. The third-order valence-corrected chi connectivity index (χ3v) is 5.46. The molecule has 5 atom stereocenters. The van der Waals surface area contributed by atoms with Crippen molar-refractivity contribution in [1.82, 2.24) is 0 Å². The van der Waals surface area contributed by atoms with Crippen LogP contribution < -0.4 is 5.26 Å². The van der Waals surface area contributed by atoms with Gasteiger partial charge in [0.05, 0.1) is 5.92 Å². The minimum Gasteiger partial charge on any atom is -0.691 e. The molecule has 0 spiro atoms. The second-order valence-electron chi connectivity index (χ2n) is 6.26. The van der Waals surface area contributed by atoms with E-state index >= 15 is 0 Å². The molecule has 0 aliphatic heterocycles. The van der Waals surface area contributed by atoms with Crippen LogP contribution in [0.1, 0.15) is 25.7 Å². The van der Waals surface area contributed by atoms with Crippen LogP contribution in [-0.2, 0) is 23.7 Å². The van der Waals surface area contributed by atoms with Crippen molar-refractivity contribution < 1.29 is 37.7 Å². The molecular formula is C13H15F2O6S-. The molecule has 0 aromatic carbocycles. The smallest absolute Gasteiger partial charge is 0.354 e. The summed E-state index contributed by atoms with van der Waals surface area (Å²) in [5.41, 5.74) is 0. The van der Waals surface area contributed by atoms with Gasteiger partial charge in [-0.3, -0.25) is 14.6 Å². The number of ether oxygens (including phenoxy) is 1. The molecule has 0 radical (unpaired) electrons. The van der Waals surface area contributed by atoms with Crippen molar-refractivity contribution in [3.05, 3.63) is 0 Å². The lowest BCUT2D eigenvalue weighted by Crippen LogP contribution is -2.54. The number of alkyl halides is 2. The highest BCUT2D eigenvalue weighted by atomic mass is 32.2. The standard InChI is InChI=1S/C13H16F2O6S/c14-13(15,22-21-20-18)5-19-12(17)10-7-1-6-2-8(4-7)11(16)9(10)3-6/h6-10,18H,1-5H2/p-1. The Kier molecular flexibility index (Phi) is 4.41. The van der Waals surface area contributed by atoms with Crippen LogP contribution in [0.4, 0.5) is 8.78 Å². The van der Waals surface area contributed by atoms with Gasteiger partial charge < -0.3 is 9.99 Å². The molecule has 4 fully saturated rings. The van der Waals surface area contributed by atoms with Crippen molar-refractivity contribution in [2.75, 3.05) is 6.61 Å². The molecule has 6 nitrogen and oxygen atoms in total. The number of carbonyl (C=O) groups is 2. The molecule has 4 rings (SSSR count). The maximum Gasteiger partial charge on any atom is 0.354 e. The predicted octanol–water partition coefficient (Wildman–Crippen LogP) is 1.25. The van der Waals surface area contributed by atoms with Gasteiger partial charge in [0, 0.05) is 11.8 Å². The van der Waals surface area contributed by atoms with Gasteiger partial charge in [-0.1, -0.05) is 0 Å². The normalized spacial score (nSPS) is 36.7. The van der Waals surface area contributed by atoms with Crippen LogP contribution in [0.25, 0.3) is 0 Å². The molecule has 9 heteroatoms. The summed E-state index contributed by atoms with van der Waals surface area (Å²) in [6, 6.07) is 0. The molecule has 0 aromatic rings. The van der Waals surface area contributed by atoms with Crippen molar-refractivity contribution in [1.29, 1.82) is 0 Å². The number of halogens is 2. The summed E-state index contributed by atoms with van der Waals surface area (Å²) < 4.78 is 34.7. The molecule has 5 unspecified atom stereocenters. The van der Waals surface area contributed by atoms with E-state index in [1.807, 2.05) is 0 Å². The van der Waals surface area contributed by atoms with Crippen LogP contribution >= 0.6 is 12.0 Å². The van der Waals surface area contributed by atoms with Gasteiger partial charge in [-0.25, -0.2) is 0 Å². The lowest BCUT2D eigenvalue weighted by molar-refractivity contribution is -0.777. The van der Waals surface area contributed by atoms with Crippen LogP contribution in [0, 0.1) is 29.6 Å². The van der Waals surface area contributed by atoms with E-state index in [2.05, 4.69) is 14.1 Å². The summed E-state index contributed by atoms with van der Waals surface area (Å²) in [6.45, 7) is -1.23. The third kappa shape index (κ3) is 2.99. The zero-order chi connectivity index (χ0) is 15.9. The van der Waals surface area contributed by atoms with Gasteiger partial charge in [-0.15, -0.1) is 0 Å². The lowest BCUT2D eigenvalue weighted by Gasteiger charge is -2.51. The molecule has 4 bridgehead atoms. The van der Waals surface area contributed by atoms with Gasteiger partial charge >= 0.3 is 11.2 Å². The van der Waals surface area contributed by atoms with Crippen molar-refractivity contribution in [2.24, 2.45) is 29.6 Å². The van der Waals surface area contributed by atoms with Crippen LogP contribution in [0.3, 0.4) is 0 Å². The zero-order valence-corrected chi connectivity index (χ0v) is 12.4. The minimum absolute atomic E-state index is 0.0335. The summed E-state index contributed by atoms with van der Waals surface area (Å²) in [6.07, 6.45) is 3.07. The molecule has 0 saturated heterocycles. The summed E-state index contributed by atoms with van der Waals surface area (Å²) in [4.78, 5) is 24.3. The first-order valence-corrected chi connectivity index (χ1v) is 7.88. The van der Waals surface area contributed by atoms with Gasteiger partial charge in [-0.2, -0.15) is 13.1 Å². The van der Waals surface area contributed by atoms with Crippen molar-refractivity contribution in [2.45, 2.75) is 30.9 Å². The molecule has 4 saturated carbocycles. The molecule has 4 aliphatic carbocycles. The molecule has 0 amide bonds. The van der Waals surface area contributed by atoms with Crippen LogP contribution in [0.15, 0.2) is 0 Å². The number of carbonyl (C=O) groups excluding carboxylic acids is 2. The van der Waals surface area contributed by atoms with E-state index < -0.39 is 35.8 Å². The Morgan fingerprint density at radius 3 is 2.82 bits per heavy atom. The monoisotopic (exact) mass is 337 g/mol. The van der Waals surface area contributed by atoms with Gasteiger partial charge in [0.25, 0.3) is 0 Å². The first kappa shape index (κ1) is 16.1. The number of Topliss-reactive ketones (excluding diaryl/α,β-unsaturated/α-hetero) is 1. The molecule has 124 valence electrons. The summed E-state index contributed by atoms with van der Waals surface area (Å²) in [5, 5.41) is 8.80. The molecule has 0 N–H and O–H groups in total. The average Bonchev–Trinajstić information content (AvgIpc) is 2.48. The van der Waals surface area contributed by atoms with Gasteiger partial charge in [0.1, 0.15) is 17.8 Å². The molecule has 0 aromatic heterocycles. The SMILES string of the molecule is O=C1C2CC3CC(C2)C(C(=O)OCC(F)(F)SOO[O-])C1C3. The topological polar surface area (TPSA) is 84.9 Å². The maximum atomic E-state index is 13.2. The molecule has 22 heavy (non-hydrogen) atoms. The Morgan fingerprint density at radius 1 is 1.32 bits per heavy atom. The van der Waals surface area contributed by atoms with E-state index in [-0.39, 0.29) is 23.5 Å². The summed E-state index contributed by atoms with van der Waals surface area (Å²) in [5.74, 6) is -1.12. The van der Waals surface area contributed by atoms with E-state index in [0.29, 0.717) is 18.8 Å². The van der Waals surface area contributed by atoms with Crippen LogP contribution in [-0.4, -0.2) is 23.6 Å². The number of hydrogen-bond acceptors (Lipinski definition) is 7. The van der Waals surface area contributed by atoms with E-state index in [9.17, 15) is 23.6 Å². The number of esters is 1. The highest BCUT2D eigenvalue weighted by molar-refractivity contribution is 7.95. The third-order valence-electron chi connectivity index (χ3n) is 4.98. The largest absolute Gasteiger partial charge is 0.691 e. The fourth-order valence-electron chi connectivity index (χ4n) is 4.33. The number of hydrogen-bond donors (Lipinski definition) is 0. The van der Waals surface area contributed by atoms with E-state index in [4.69, 9.17) is 0 Å². The van der Waals surface area contributed by atoms with E-state index in [1.165, 1.54) is 0 Å².